The van der Waals surface area contributed by atoms with Crippen molar-refractivity contribution in [1.82, 2.24) is 5.32 Å². The predicted octanol–water partition coefficient (Wildman–Crippen LogP) is 2.78. The molecule has 0 spiro atoms. The number of rotatable bonds is 1. The Morgan fingerprint density at radius 2 is 2.00 bits per heavy atom. The zero-order chi connectivity index (χ0) is 22.1. The number of hydrogen-bond acceptors (Lipinski definition) is 5. The topological polar surface area (TPSA) is 106 Å². The van der Waals surface area contributed by atoms with Gasteiger partial charge in [-0.1, -0.05) is 32.4 Å². The molecule has 0 amide bonds. The first-order chi connectivity index (χ1) is 14.3. The van der Waals surface area contributed by atoms with Gasteiger partial charge in [-0.2, -0.15) is 10.5 Å². The van der Waals surface area contributed by atoms with Gasteiger partial charge in [0.25, 0.3) is 0 Å². The lowest BCUT2D eigenvalue weighted by Crippen LogP contribution is -2.49. The summed E-state index contributed by atoms with van der Waals surface area (Å²) in [5, 5.41) is 21.8. The van der Waals surface area contributed by atoms with Crippen LogP contribution < -0.4 is 5.32 Å². The van der Waals surface area contributed by atoms with E-state index in [-0.39, 0.29) is 34.5 Å². The second-order valence-electron chi connectivity index (χ2n) is 7.98. The predicted molar refractivity (Wildman–Crippen MR) is 112 cm³/mol. The number of hydrogen-bond donors (Lipinski definition) is 1. The lowest BCUT2D eigenvalue weighted by Gasteiger charge is -2.53. The molecule has 0 aliphatic heterocycles. The second-order valence-corrected chi connectivity index (χ2v) is 7.98. The summed E-state index contributed by atoms with van der Waals surface area (Å²) in [4.78, 5) is 29.3. The molecule has 6 nitrogen and oxygen atoms in total. The SMILES string of the molecule is C=CNC(C#CC12C=C(C#N)C(=O)C=C1C1(C)C=C(C#N)C(=O)C(C)C1CC2)=NC. The largest absolute Gasteiger partial charge is 0.340 e. The van der Waals surface area contributed by atoms with E-state index in [0.29, 0.717) is 18.7 Å². The van der Waals surface area contributed by atoms with Crippen molar-refractivity contribution in [1.29, 1.82) is 10.5 Å². The third kappa shape index (κ3) is 3.10. The van der Waals surface area contributed by atoms with Gasteiger partial charge in [0.2, 0.25) is 0 Å². The molecule has 3 rings (SSSR count). The van der Waals surface area contributed by atoms with E-state index in [0.717, 1.165) is 5.57 Å². The fourth-order valence-corrected chi connectivity index (χ4v) is 4.98. The number of fused-ring (bicyclic) bond motifs is 3. The van der Waals surface area contributed by atoms with Gasteiger partial charge >= 0.3 is 0 Å². The maximum absolute atomic E-state index is 12.6. The van der Waals surface area contributed by atoms with Crippen molar-refractivity contribution in [3.63, 3.8) is 0 Å². The van der Waals surface area contributed by atoms with E-state index in [1.165, 1.54) is 12.3 Å². The summed E-state index contributed by atoms with van der Waals surface area (Å²) in [7, 11) is 1.60. The first-order valence-corrected chi connectivity index (χ1v) is 9.71. The van der Waals surface area contributed by atoms with Gasteiger partial charge in [0.05, 0.1) is 16.6 Å². The molecule has 1 saturated carbocycles. The Kier molecular flexibility index (Phi) is 5.34. The summed E-state index contributed by atoms with van der Waals surface area (Å²) in [6.07, 6.45) is 7.51. The molecule has 0 radical (unpaired) electrons. The van der Waals surface area contributed by atoms with E-state index in [4.69, 9.17) is 0 Å². The quantitative estimate of drug-likeness (QED) is 0.415. The molecule has 4 unspecified atom stereocenters. The Labute approximate surface area is 176 Å². The molecule has 0 aromatic rings. The van der Waals surface area contributed by atoms with Crippen molar-refractivity contribution >= 4 is 17.4 Å². The highest BCUT2D eigenvalue weighted by molar-refractivity contribution is 6.09. The van der Waals surface area contributed by atoms with Gasteiger partial charge in [-0.25, -0.2) is 0 Å². The number of carbonyl (C=O) groups is 2. The van der Waals surface area contributed by atoms with E-state index in [1.807, 2.05) is 26.0 Å². The molecule has 30 heavy (non-hydrogen) atoms. The Balaban J connectivity index is 2.25. The van der Waals surface area contributed by atoms with Crippen LogP contribution >= 0.6 is 0 Å². The second kappa shape index (κ2) is 7.62. The summed E-state index contributed by atoms with van der Waals surface area (Å²) in [6.45, 7) is 7.41. The molecular weight excluding hydrogens is 376 g/mol. The van der Waals surface area contributed by atoms with Crippen LogP contribution in [-0.2, 0) is 9.59 Å². The van der Waals surface area contributed by atoms with Gasteiger partial charge in [0.1, 0.15) is 12.1 Å². The number of nitriles is 2. The first kappa shape index (κ1) is 21.0. The molecule has 1 fully saturated rings. The van der Waals surface area contributed by atoms with E-state index in [2.05, 4.69) is 28.7 Å². The minimum absolute atomic E-state index is 0.0474. The van der Waals surface area contributed by atoms with Crippen LogP contribution in [0.4, 0.5) is 0 Å². The minimum atomic E-state index is -0.861. The number of carbonyl (C=O) groups excluding carboxylic acids is 2. The maximum Gasteiger partial charge on any atom is 0.196 e. The van der Waals surface area contributed by atoms with Gasteiger partial charge in [-0.05, 0) is 48.6 Å². The molecule has 3 aliphatic carbocycles. The van der Waals surface area contributed by atoms with Crippen LogP contribution in [0.1, 0.15) is 26.7 Å². The number of aliphatic imine (C=N–C) groups is 1. The normalized spacial score (nSPS) is 32.6. The van der Waals surface area contributed by atoms with Crippen molar-refractivity contribution in [2.24, 2.45) is 27.7 Å². The number of allylic oxidation sites excluding steroid dienone is 6. The highest BCUT2D eigenvalue weighted by Crippen LogP contribution is 2.60. The van der Waals surface area contributed by atoms with Gasteiger partial charge in [0.15, 0.2) is 17.4 Å². The zero-order valence-electron chi connectivity index (χ0n) is 17.2. The Hall–Kier alpha value is -3.69. The molecule has 0 heterocycles. The summed E-state index contributed by atoms with van der Waals surface area (Å²) < 4.78 is 0. The van der Waals surface area contributed by atoms with Gasteiger partial charge in [-0.3, -0.25) is 14.6 Å². The maximum atomic E-state index is 12.6. The number of ketones is 2. The van der Waals surface area contributed by atoms with Crippen LogP contribution in [-0.4, -0.2) is 24.4 Å². The molecule has 3 aliphatic rings. The van der Waals surface area contributed by atoms with Crippen LogP contribution in [0.2, 0.25) is 0 Å². The van der Waals surface area contributed by atoms with Crippen molar-refractivity contribution < 1.29 is 9.59 Å². The van der Waals surface area contributed by atoms with Crippen LogP contribution in [0.3, 0.4) is 0 Å². The zero-order valence-corrected chi connectivity index (χ0v) is 17.2. The van der Waals surface area contributed by atoms with E-state index < -0.39 is 10.8 Å². The highest BCUT2D eigenvalue weighted by Gasteiger charge is 2.56. The molecule has 150 valence electrons. The lowest BCUT2D eigenvalue weighted by molar-refractivity contribution is -0.122. The molecule has 0 saturated heterocycles. The Bertz CT molecular complexity index is 1110. The number of amidine groups is 1. The average molecular weight is 398 g/mol. The fraction of sp³-hybridized carbons (Fsp3) is 0.375. The monoisotopic (exact) mass is 398 g/mol. The Morgan fingerprint density at radius 3 is 2.60 bits per heavy atom. The summed E-state index contributed by atoms with van der Waals surface area (Å²) in [6, 6.07) is 3.99. The summed E-state index contributed by atoms with van der Waals surface area (Å²) >= 11 is 0. The van der Waals surface area contributed by atoms with E-state index >= 15 is 0 Å². The molecule has 1 N–H and O–H groups in total. The molecule has 0 bridgehead atoms. The van der Waals surface area contributed by atoms with Crippen LogP contribution in [0.25, 0.3) is 0 Å². The van der Waals surface area contributed by atoms with E-state index in [1.54, 1.807) is 19.2 Å². The van der Waals surface area contributed by atoms with Crippen molar-refractivity contribution in [3.05, 3.63) is 47.7 Å². The lowest BCUT2D eigenvalue weighted by atomic mass is 9.48. The van der Waals surface area contributed by atoms with Crippen molar-refractivity contribution in [2.45, 2.75) is 26.7 Å². The molecular formula is C24H22N4O2. The fourth-order valence-electron chi connectivity index (χ4n) is 4.98. The van der Waals surface area contributed by atoms with Gasteiger partial charge < -0.3 is 5.32 Å². The standard InChI is InChI=1S/C24H22N4O2/c1-5-28-21(27-4)7-9-24-8-6-18-15(2)22(30)17(14-26)11-23(18,3)20(24)10-19(29)16(12-24)13-25/h5,10-12,15,18H,1,6,8H2,2-4H3,(H,27,28). The summed E-state index contributed by atoms with van der Waals surface area (Å²) in [5.41, 5.74) is -0.679. The number of nitrogens with one attached hydrogen (secondary N) is 1. The molecule has 4 atom stereocenters. The third-order valence-electron chi connectivity index (χ3n) is 6.45. The van der Waals surface area contributed by atoms with Crippen LogP contribution in [0.15, 0.2) is 52.7 Å². The smallest absolute Gasteiger partial charge is 0.196 e. The van der Waals surface area contributed by atoms with Crippen LogP contribution in [0.5, 0.6) is 0 Å². The molecule has 0 aromatic heterocycles. The number of Topliss-reactive ketones (excluding diaryl/α,β-unsaturated/α-hetero) is 1. The number of nitrogens with zero attached hydrogens (tertiary/aromatic N) is 3. The molecule has 0 aromatic carbocycles. The van der Waals surface area contributed by atoms with Crippen molar-refractivity contribution in [2.75, 3.05) is 7.05 Å². The molecule has 6 heteroatoms. The third-order valence-corrected chi connectivity index (χ3v) is 6.45. The van der Waals surface area contributed by atoms with E-state index in [9.17, 15) is 20.1 Å². The summed E-state index contributed by atoms with van der Waals surface area (Å²) in [5.74, 6) is 5.72. The van der Waals surface area contributed by atoms with Crippen LogP contribution in [0, 0.1) is 57.2 Å². The Morgan fingerprint density at radius 1 is 1.30 bits per heavy atom. The minimum Gasteiger partial charge on any atom is -0.340 e. The van der Waals surface area contributed by atoms with Crippen molar-refractivity contribution in [3.8, 4) is 24.0 Å². The highest BCUT2D eigenvalue weighted by atomic mass is 16.1. The van der Waals surface area contributed by atoms with Gasteiger partial charge in [-0.15, -0.1) is 0 Å². The van der Waals surface area contributed by atoms with Gasteiger partial charge in [0, 0.05) is 18.4 Å². The average Bonchev–Trinajstić information content (AvgIpc) is 2.74. The first-order valence-electron chi connectivity index (χ1n) is 9.71.